The molecule has 0 atom stereocenters. The molecule has 0 aliphatic carbocycles. The average molecular weight is 286 g/mol. The molecule has 7 heteroatoms. The summed E-state index contributed by atoms with van der Waals surface area (Å²) in [6.07, 6.45) is 2.97. The van der Waals surface area contributed by atoms with Crippen molar-refractivity contribution in [1.82, 2.24) is 9.27 Å². The summed E-state index contributed by atoms with van der Waals surface area (Å²) in [4.78, 5) is 13.1. The van der Waals surface area contributed by atoms with Gasteiger partial charge < -0.3 is 4.74 Å². The van der Waals surface area contributed by atoms with Crippen molar-refractivity contribution in [3.8, 4) is 0 Å². The molecule has 1 aliphatic heterocycles. The number of hydrogen-bond acceptors (Lipinski definition) is 4. The predicted octanol–water partition coefficient (Wildman–Crippen LogP) is 1.67. The highest BCUT2D eigenvalue weighted by Crippen LogP contribution is 2.11. The van der Waals surface area contributed by atoms with Gasteiger partial charge >= 0.3 is 6.09 Å². The van der Waals surface area contributed by atoms with E-state index in [1.807, 2.05) is 6.08 Å². The van der Waals surface area contributed by atoms with Crippen molar-refractivity contribution < 1.29 is 18.3 Å². The molecule has 1 aromatic heterocycles. The monoisotopic (exact) mass is 286 g/mol. The van der Waals surface area contributed by atoms with Crippen molar-refractivity contribution in [2.75, 3.05) is 13.2 Å². The number of ether oxygens (including phenoxy) is 1. The third-order valence-corrected chi connectivity index (χ3v) is 3.47. The van der Waals surface area contributed by atoms with Gasteiger partial charge in [0.05, 0.1) is 11.1 Å². The maximum absolute atomic E-state index is 12.1. The predicted molar refractivity (Wildman–Crippen MR) is 67.9 cm³/mol. The zero-order chi connectivity index (χ0) is 13.8. The molecule has 0 aromatic carbocycles. The molecular formula is C12H12F2N2O2S. The maximum Gasteiger partial charge on any atom is 0.414 e. The number of amides is 1. The van der Waals surface area contributed by atoms with Crippen LogP contribution in [0.25, 0.3) is 12.3 Å². The summed E-state index contributed by atoms with van der Waals surface area (Å²) in [7, 11) is 0. The first-order valence-electron chi connectivity index (χ1n) is 5.65. The molecule has 0 N–H and O–H groups in total. The van der Waals surface area contributed by atoms with Crippen LogP contribution in [0.15, 0.2) is 17.9 Å². The third kappa shape index (κ3) is 3.37. The van der Waals surface area contributed by atoms with Crippen LogP contribution < -0.4 is 9.75 Å². The number of aromatic nitrogens is 1. The molecule has 1 aromatic rings. The SMILES string of the molecule is CC(CCOC(=O)N1C=c2cnsc2=CC1)=C(F)F. The number of carbonyl (C=O) groups excluding carboxylic acids is 1. The molecule has 19 heavy (non-hydrogen) atoms. The second-order valence-corrected chi connectivity index (χ2v) is 4.87. The lowest BCUT2D eigenvalue weighted by atomic mass is 10.2. The summed E-state index contributed by atoms with van der Waals surface area (Å²) in [6.45, 7) is 1.66. The normalized spacial score (nSPS) is 13.1. The van der Waals surface area contributed by atoms with Crippen molar-refractivity contribution in [3.05, 3.63) is 27.6 Å². The van der Waals surface area contributed by atoms with Crippen LogP contribution in [0.4, 0.5) is 13.6 Å². The van der Waals surface area contributed by atoms with E-state index in [4.69, 9.17) is 4.74 Å². The lowest BCUT2D eigenvalue weighted by Crippen LogP contribution is -2.36. The fourth-order valence-electron chi connectivity index (χ4n) is 1.51. The Morgan fingerprint density at radius 3 is 3.11 bits per heavy atom. The van der Waals surface area contributed by atoms with Crippen LogP contribution in [0.3, 0.4) is 0 Å². The van der Waals surface area contributed by atoms with E-state index in [1.165, 1.54) is 23.4 Å². The Morgan fingerprint density at radius 1 is 1.58 bits per heavy atom. The van der Waals surface area contributed by atoms with Crippen molar-refractivity contribution in [2.24, 2.45) is 0 Å². The number of nitrogens with zero attached hydrogens (tertiary/aromatic N) is 2. The van der Waals surface area contributed by atoms with E-state index in [0.29, 0.717) is 6.54 Å². The van der Waals surface area contributed by atoms with E-state index >= 15 is 0 Å². The summed E-state index contributed by atoms with van der Waals surface area (Å²) >= 11 is 1.36. The smallest absolute Gasteiger partial charge is 0.414 e. The second-order valence-electron chi connectivity index (χ2n) is 4.04. The molecule has 1 amide bonds. The van der Waals surface area contributed by atoms with Crippen molar-refractivity contribution in [1.29, 1.82) is 0 Å². The minimum atomic E-state index is -1.72. The molecule has 102 valence electrons. The standard InChI is InChI=1S/C12H12F2N2O2S/c1-8(11(13)14)3-5-18-12(17)16-4-2-10-9(7-16)6-15-19-10/h2,6-7H,3-5H2,1H3. The summed E-state index contributed by atoms with van der Waals surface area (Å²) in [6, 6.07) is 0. The highest BCUT2D eigenvalue weighted by Gasteiger charge is 2.14. The molecule has 0 saturated heterocycles. The highest BCUT2D eigenvalue weighted by atomic mass is 32.1. The van der Waals surface area contributed by atoms with Gasteiger partial charge in [-0.1, -0.05) is 0 Å². The summed E-state index contributed by atoms with van der Waals surface area (Å²) < 4.78 is 34.3. The Kier molecular flexibility index (Phi) is 4.26. The number of halogens is 2. The van der Waals surface area contributed by atoms with Crippen LogP contribution >= 0.6 is 11.5 Å². The maximum atomic E-state index is 12.1. The number of hydrogen-bond donors (Lipinski definition) is 0. The molecule has 0 spiro atoms. The van der Waals surface area contributed by atoms with Gasteiger partial charge in [-0.15, -0.1) is 0 Å². The molecule has 0 unspecified atom stereocenters. The van der Waals surface area contributed by atoms with Crippen molar-refractivity contribution in [3.63, 3.8) is 0 Å². The number of rotatable bonds is 3. The molecular weight excluding hydrogens is 274 g/mol. The van der Waals surface area contributed by atoms with Crippen LogP contribution in [0.5, 0.6) is 0 Å². The summed E-state index contributed by atoms with van der Waals surface area (Å²) in [5, 5.41) is 0.860. The van der Waals surface area contributed by atoms with E-state index in [2.05, 4.69) is 4.37 Å². The molecule has 0 fully saturated rings. The van der Waals surface area contributed by atoms with E-state index in [9.17, 15) is 13.6 Å². The van der Waals surface area contributed by atoms with E-state index in [1.54, 1.807) is 12.4 Å². The van der Waals surface area contributed by atoms with Crippen LogP contribution in [-0.4, -0.2) is 28.5 Å². The molecule has 0 bridgehead atoms. The Bertz CT molecular complexity index is 620. The molecule has 1 aliphatic rings. The van der Waals surface area contributed by atoms with Crippen LogP contribution in [0.1, 0.15) is 13.3 Å². The van der Waals surface area contributed by atoms with Gasteiger partial charge in [0.2, 0.25) is 0 Å². The fraction of sp³-hybridized carbons (Fsp3) is 0.333. The van der Waals surface area contributed by atoms with Gasteiger partial charge in [0.15, 0.2) is 0 Å². The second kappa shape index (κ2) is 5.92. The lowest BCUT2D eigenvalue weighted by molar-refractivity contribution is 0.125. The van der Waals surface area contributed by atoms with Gasteiger partial charge in [0.1, 0.15) is 0 Å². The quantitative estimate of drug-likeness (QED) is 0.849. The highest BCUT2D eigenvalue weighted by molar-refractivity contribution is 7.03. The first-order chi connectivity index (χ1) is 9.08. The van der Waals surface area contributed by atoms with Gasteiger partial charge in [-0.25, -0.2) is 4.79 Å². The largest absolute Gasteiger partial charge is 0.449 e. The van der Waals surface area contributed by atoms with Gasteiger partial charge in [0.25, 0.3) is 6.08 Å². The number of carbonyl (C=O) groups is 1. The minimum absolute atomic E-state index is 0.0386. The minimum Gasteiger partial charge on any atom is -0.449 e. The fourth-order valence-corrected chi connectivity index (χ4v) is 2.15. The molecule has 2 rings (SSSR count). The van der Waals surface area contributed by atoms with E-state index in [-0.39, 0.29) is 18.6 Å². The zero-order valence-corrected chi connectivity index (χ0v) is 11.0. The third-order valence-electron chi connectivity index (χ3n) is 2.66. The lowest BCUT2D eigenvalue weighted by Gasteiger charge is -2.17. The topological polar surface area (TPSA) is 42.4 Å². The van der Waals surface area contributed by atoms with Gasteiger partial charge in [-0.05, 0) is 30.1 Å². The average Bonchev–Trinajstić information content (AvgIpc) is 2.85. The molecule has 0 radical (unpaired) electrons. The number of fused-ring (bicyclic) bond motifs is 1. The van der Waals surface area contributed by atoms with Crippen LogP contribution in [-0.2, 0) is 4.74 Å². The first kappa shape index (κ1) is 13.7. The van der Waals surface area contributed by atoms with E-state index in [0.717, 1.165) is 9.75 Å². The van der Waals surface area contributed by atoms with Crippen LogP contribution in [0.2, 0.25) is 0 Å². The van der Waals surface area contributed by atoms with Gasteiger partial charge in [-0.3, -0.25) is 4.90 Å². The summed E-state index contributed by atoms with van der Waals surface area (Å²) in [5.41, 5.74) is -0.0636. The molecule has 2 heterocycles. The zero-order valence-electron chi connectivity index (χ0n) is 10.2. The van der Waals surface area contributed by atoms with Gasteiger partial charge in [0, 0.05) is 30.6 Å². The summed E-state index contributed by atoms with van der Waals surface area (Å²) in [5.74, 6) is 0. The Hall–Kier alpha value is -1.76. The Balaban J connectivity index is 1.90. The first-order valence-corrected chi connectivity index (χ1v) is 6.42. The molecule has 4 nitrogen and oxygen atoms in total. The van der Waals surface area contributed by atoms with Crippen molar-refractivity contribution >= 4 is 29.9 Å². The van der Waals surface area contributed by atoms with Gasteiger partial charge in [-0.2, -0.15) is 13.2 Å². The Labute approximate surface area is 112 Å². The van der Waals surface area contributed by atoms with Crippen molar-refractivity contribution in [2.45, 2.75) is 13.3 Å². The Morgan fingerprint density at radius 2 is 2.37 bits per heavy atom. The molecule has 0 saturated carbocycles. The van der Waals surface area contributed by atoms with E-state index < -0.39 is 12.2 Å². The van der Waals surface area contributed by atoms with Crippen LogP contribution in [0, 0.1) is 0 Å².